The maximum atomic E-state index is 4.56. The third-order valence-electron chi connectivity index (χ3n) is 5.38. The van der Waals surface area contributed by atoms with Gasteiger partial charge in [-0.25, -0.2) is 4.98 Å². The first-order valence-corrected chi connectivity index (χ1v) is 9.20. The number of likely N-dealkylation sites (tertiary alicyclic amines) is 1. The number of aryl methyl sites for hydroxylation is 1. The number of hydrogen-bond donors (Lipinski definition) is 0. The number of nitrogens with zero attached hydrogens (tertiary/aromatic N) is 5. The van der Waals surface area contributed by atoms with Crippen LogP contribution in [0.1, 0.15) is 23.4 Å². The fraction of sp³-hybridized carbons (Fsp3) is 0.588. The van der Waals surface area contributed by atoms with E-state index < -0.39 is 0 Å². The van der Waals surface area contributed by atoms with E-state index in [0.29, 0.717) is 6.04 Å². The summed E-state index contributed by atoms with van der Waals surface area (Å²) in [5.74, 6) is 2.58. The van der Waals surface area contributed by atoms with E-state index in [1.807, 2.05) is 31.0 Å². The minimum atomic E-state index is 0.587. The average Bonchev–Trinajstić information content (AvgIpc) is 3.25. The van der Waals surface area contributed by atoms with E-state index in [4.69, 9.17) is 0 Å². The van der Waals surface area contributed by atoms with Crippen LogP contribution in [0, 0.1) is 18.8 Å². The monoisotopic (exact) mass is 329 g/mol. The zero-order valence-corrected chi connectivity index (χ0v) is 14.5. The van der Waals surface area contributed by atoms with Crippen molar-refractivity contribution in [3.8, 4) is 0 Å². The number of fused-ring (bicyclic) bond motifs is 1. The van der Waals surface area contributed by atoms with Crippen molar-refractivity contribution in [3.05, 3.63) is 34.7 Å². The minimum absolute atomic E-state index is 0.587. The molecule has 0 aromatic carbocycles. The van der Waals surface area contributed by atoms with Crippen LogP contribution in [0.5, 0.6) is 0 Å². The van der Waals surface area contributed by atoms with Crippen LogP contribution < -0.4 is 4.90 Å². The summed E-state index contributed by atoms with van der Waals surface area (Å²) in [5, 5.41) is 0. The number of thiazole rings is 1. The Morgan fingerprint density at radius 3 is 2.87 bits per heavy atom. The highest BCUT2D eigenvalue weighted by molar-refractivity contribution is 7.09. The van der Waals surface area contributed by atoms with Gasteiger partial charge in [0.15, 0.2) is 0 Å². The molecule has 0 unspecified atom stereocenters. The molecule has 1 aliphatic carbocycles. The van der Waals surface area contributed by atoms with E-state index in [1.165, 1.54) is 30.8 Å². The molecule has 2 aliphatic rings. The highest BCUT2D eigenvalue weighted by Gasteiger charge is 2.44. The lowest BCUT2D eigenvalue weighted by atomic mass is 9.97. The summed E-state index contributed by atoms with van der Waals surface area (Å²) in [4.78, 5) is 19.5. The number of hydrogen-bond acceptors (Lipinski definition) is 6. The van der Waals surface area contributed by atoms with Crippen molar-refractivity contribution < 1.29 is 0 Å². The summed E-state index contributed by atoms with van der Waals surface area (Å²) in [5.41, 5.74) is 2.90. The quantitative estimate of drug-likeness (QED) is 0.863. The second kappa shape index (κ2) is 6.17. The SMILES string of the molecule is Cc1cnc(N(C)[C@@H]2CC[C@@H]3CN(Cc4cncs4)C[C@@H]32)cn1. The molecule has 1 saturated heterocycles. The second-order valence-electron chi connectivity index (χ2n) is 6.86. The van der Waals surface area contributed by atoms with Gasteiger partial charge in [0, 0.05) is 43.8 Å². The van der Waals surface area contributed by atoms with Crippen LogP contribution in [0.3, 0.4) is 0 Å². The first-order valence-electron chi connectivity index (χ1n) is 8.32. The van der Waals surface area contributed by atoms with Gasteiger partial charge in [-0.1, -0.05) is 0 Å². The number of anilines is 1. The van der Waals surface area contributed by atoms with E-state index in [2.05, 4.69) is 31.8 Å². The molecule has 0 radical (unpaired) electrons. The normalized spacial score (nSPS) is 27.3. The maximum absolute atomic E-state index is 4.56. The van der Waals surface area contributed by atoms with Gasteiger partial charge < -0.3 is 4.90 Å². The van der Waals surface area contributed by atoms with E-state index in [1.54, 1.807) is 11.3 Å². The molecule has 5 nitrogen and oxygen atoms in total. The number of aromatic nitrogens is 3. The average molecular weight is 329 g/mol. The highest BCUT2D eigenvalue weighted by Crippen LogP contribution is 2.41. The lowest BCUT2D eigenvalue weighted by Gasteiger charge is -2.30. The Hall–Kier alpha value is -1.53. The minimum Gasteiger partial charge on any atom is -0.355 e. The van der Waals surface area contributed by atoms with Crippen molar-refractivity contribution in [2.75, 3.05) is 25.0 Å². The van der Waals surface area contributed by atoms with Crippen LogP contribution in [-0.2, 0) is 6.54 Å². The Morgan fingerprint density at radius 1 is 1.22 bits per heavy atom. The van der Waals surface area contributed by atoms with Crippen LogP contribution in [0.15, 0.2) is 24.1 Å². The van der Waals surface area contributed by atoms with Gasteiger partial charge in [0.05, 0.1) is 23.6 Å². The van der Waals surface area contributed by atoms with Gasteiger partial charge in [0.1, 0.15) is 5.82 Å². The third-order valence-corrected chi connectivity index (χ3v) is 6.15. The predicted molar refractivity (Wildman–Crippen MR) is 92.6 cm³/mol. The van der Waals surface area contributed by atoms with Gasteiger partial charge in [-0.2, -0.15) is 0 Å². The van der Waals surface area contributed by atoms with Crippen molar-refractivity contribution in [1.29, 1.82) is 0 Å². The Bertz CT molecular complexity index is 642. The van der Waals surface area contributed by atoms with E-state index in [0.717, 1.165) is 29.9 Å². The lowest BCUT2D eigenvalue weighted by Crippen LogP contribution is -2.38. The summed E-state index contributed by atoms with van der Waals surface area (Å²) in [7, 11) is 2.18. The number of rotatable bonds is 4. The Kier molecular flexibility index (Phi) is 4.03. The molecular formula is C17H23N5S. The molecule has 0 amide bonds. The zero-order valence-electron chi connectivity index (χ0n) is 13.7. The van der Waals surface area contributed by atoms with E-state index in [-0.39, 0.29) is 0 Å². The molecule has 3 heterocycles. The molecule has 122 valence electrons. The van der Waals surface area contributed by atoms with Gasteiger partial charge in [-0.3, -0.25) is 14.9 Å². The lowest BCUT2D eigenvalue weighted by molar-refractivity contribution is 0.299. The molecular weight excluding hydrogens is 306 g/mol. The Balaban J connectivity index is 1.44. The summed E-state index contributed by atoms with van der Waals surface area (Å²) in [6.07, 6.45) is 8.38. The maximum Gasteiger partial charge on any atom is 0.147 e. The third kappa shape index (κ3) is 2.97. The molecule has 6 heteroatoms. The fourth-order valence-electron chi connectivity index (χ4n) is 4.22. The molecule has 4 rings (SSSR count). The first kappa shape index (κ1) is 15.0. The van der Waals surface area contributed by atoms with Crippen molar-refractivity contribution in [1.82, 2.24) is 19.9 Å². The summed E-state index contributed by atoms with van der Waals surface area (Å²) in [6, 6.07) is 0.587. The highest BCUT2D eigenvalue weighted by atomic mass is 32.1. The van der Waals surface area contributed by atoms with Crippen LogP contribution in [0.4, 0.5) is 5.82 Å². The van der Waals surface area contributed by atoms with Crippen LogP contribution >= 0.6 is 11.3 Å². The standard InChI is InChI=1S/C17H23N5S/c1-12-5-20-17(7-19-12)21(2)16-4-3-13-8-22(10-15(13)16)9-14-6-18-11-23-14/h5-7,11,13,15-16H,3-4,8-10H2,1-2H3/t13-,15+,16-/m1/s1. The van der Waals surface area contributed by atoms with Crippen LogP contribution in [0.2, 0.25) is 0 Å². The van der Waals surface area contributed by atoms with Crippen molar-refractivity contribution in [3.63, 3.8) is 0 Å². The van der Waals surface area contributed by atoms with Gasteiger partial charge >= 0.3 is 0 Å². The molecule has 0 bridgehead atoms. The van der Waals surface area contributed by atoms with E-state index >= 15 is 0 Å². The molecule has 2 aromatic heterocycles. The van der Waals surface area contributed by atoms with E-state index in [9.17, 15) is 0 Å². The molecule has 2 fully saturated rings. The van der Waals surface area contributed by atoms with Gasteiger partial charge in [-0.05, 0) is 31.6 Å². The van der Waals surface area contributed by atoms with Gasteiger partial charge in [-0.15, -0.1) is 11.3 Å². The molecule has 2 aromatic rings. The second-order valence-corrected chi connectivity index (χ2v) is 7.83. The molecule has 1 aliphatic heterocycles. The van der Waals surface area contributed by atoms with Crippen LogP contribution in [0.25, 0.3) is 0 Å². The first-order chi connectivity index (χ1) is 11.2. The van der Waals surface area contributed by atoms with Gasteiger partial charge in [0.2, 0.25) is 0 Å². The topological polar surface area (TPSA) is 45.2 Å². The van der Waals surface area contributed by atoms with Crippen molar-refractivity contribution >= 4 is 17.2 Å². The van der Waals surface area contributed by atoms with Gasteiger partial charge in [0.25, 0.3) is 0 Å². The summed E-state index contributed by atoms with van der Waals surface area (Å²) < 4.78 is 0. The molecule has 0 spiro atoms. The molecule has 0 N–H and O–H groups in total. The smallest absolute Gasteiger partial charge is 0.147 e. The largest absolute Gasteiger partial charge is 0.355 e. The molecule has 1 saturated carbocycles. The zero-order chi connectivity index (χ0) is 15.8. The Morgan fingerprint density at radius 2 is 2.13 bits per heavy atom. The summed E-state index contributed by atoms with van der Waals surface area (Å²) in [6.45, 7) is 5.46. The van der Waals surface area contributed by atoms with Crippen molar-refractivity contribution in [2.45, 2.75) is 32.4 Å². The molecule has 23 heavy (non-hydrogen) atoms. The Labute approximate surface area is 141 Å². The molecule has 3 atom stereocenters. The fourth-order valence-corrected chi connectivity index (χ4v) is 4.85. The van der Waals surface area contributed by atoms with Crippen LogP contribution in [-0.4, -0.2) is 46.0 Å². The predicted octanol–water partition coefficient (Wildman–Crippen LogP) is 2.59. The summed E-state index contributed by atoms with van der Waals surface area (Å²) >= 11 is 1.76. The van der Waals surface area contributed by atoms with Crippen molar-refractivity contribution in [2.24, 2.45) is 11.8 Å².